The fourth-order valence-corrected chi connectivity index (χ4v) is 4.61. The van der Waals surface area contributed by atoms with Crippen LogP contribution in [0.15, 0.2) is 51.7 Å². The van der Waals surface area contributed by atoms with Gasteiger partial charge in [0.15, 0.2) is 4.77 Å². The second-order valence-electron chi connectivity index (χ2n) is 8.46. The molecule has 0 spiro atoms. The Hall–Kier alpha value is -2.33. The summed E-state index contributed by atoms with van der Waals surface area (Å²) in [5.74, 6) is -0.0788. The Bertz CT molecular complexity index is 1250. The summed E-state index contributed by atoms with van der Waals surface area (Å²) in [7, 11) is 2.15. The lowest BCUT2D eigenvalue weighted by molar-refractivity contribution is 0.0949. The van der Waals surface area contributed by atoms with Gasteiger partial charge in [0.25, 0.3) is 11.5 Å². The lowest BCUT2D eigenvalue weighted by Crippen LogP contribution is -2.45. The van der Waals surface area contributed by atoms with Crippen LogP contribution in [0.1, 0.15) is 22.3 Å². The number of hydrogen-bond donors (Lipinski definition) is 2. The molecule has 0 bridgehead atoms. The molecule has 1 aromatic heterocycles. The standard InChI is InChI=1S/C24H28BrN5O2S/c1-28-11-13-29(14-12-28)10-2-9-26-22(31)18-5-3-17(4-6-18)16-30-23(32)20-15-19(25)7-8-21(20)27-24(30)33/h3-8,15H,2,9-14,16H2,1H3,(H,26,31)(H,27,33). The second-order valence-corrected chi connectivity index (χ2v) is 9.77. The molecule has 0 atom stereocenters. The van der Waals surface area contributed by atoms with E-state index in [9.17, 15) is 9.59 Å². The van der Waals surface area contributed by atoms with Crippen molar-refractivity contribution in [1.82, 2.24) is 24.7 Å². The van der Waals surface area contributed by atoms with Crippen LogP contribution in [-0.2, 0) is 6.54 Å². The predicted octanol–water partition coefficient (Wildman–Crippen LogP) is 3.24. The number of carbonyl (C=O) groups is 1. The Morgan fingerprint density at radius 1 is 1.12 bits per heavy atom. The van der Waals surface area contributed by atoms with Gasteiger partial charge in [0, 0.05) is 42.8 Å². The van der Waals surface area contributed by atoms with Gasteiger partial charge >= 0.3 is 0 Å². The Morgan fingerprint density at radius 3 is 2.58 bits per heavy atom. The number of fused-ring (bicyclic) bond motifs is 1. The molecule has 0 aliphatic carbocycles. The fraction of sp³-hybridized carbons (Fsp3) is 0.375. The van der Waals surface area contributed by atoms with Gasteiger partial charge in [0.2, 0.25) is 0 Å². The minimum absolute atomic E-state index is 0.0788. The Balaban J connectivity index is 1.34. The number of likely N-dealkylation sites (N-methyl/N-ethyl adjacent to an activating group) is 1. The third-order valence-electron chi connectivity index (χ3n) is 6.03. The van der Waals surface area contributed by atoms with Crippen LogP contribution < -0.4 is 10.9 Å². The first-order chi connectivity index (χ1) is 15.9. The lowest BCUT2D eigenvalue weighted by atomic mass is 10.1. The molecule has 2 aromatic carbocycles. The van der Waals surface area contributed by atoms with Gasteiger partial charge in [-0.25, -0.2) is 0 Å². The Labute approximate surface area is 206 Å². The summed E-state index contributed by atoms with van der Waals surface area (Å²) >= 11 is 8.82. The molecule has 174 valence electrons. The average molecular weight is 530 g/mol. The van der Waals surface area contributed by atoms with Gasteiger partial charge in [-0.2, -0.15) is 0 Å². The number of H-pyrrole nitrogens is 1. The van der Waals surface area contributed by atoms with E-state index < -0.39 is 0 Å². The highest BCUT2D eigenvalue weighted by Crippen LogP contribution is 2.16. The molecule has 2 heterocycles. The number of benzene rings is 2. The smallest absolute Gasteiger partial charge is 0.262 e. The van der Waals surface area contributed by atoms with Crippen LogP contribution in [0.3, 0.4) is 0 Å². The zero-order valence-electron chi connectivity index (χ0n) is 18.6. The molecule has 3 aromatic rings. The van der Waals surface area contributed by atoms with Gasteiger partial charge < -0.3 is 20.1 Å². The van der Waals surface area contributed by atoms with Crippen molar-refractivity contribution in [3.8, 4) is 0 Å². The van der Waals surface area contributed by atoms with E-state index >= 15 is 0 Å². The first kappa shape index (κ1) is 23.8. The molecule has 0 radical (unpaired) electrons. The van der Waals surface area contributed by atoms with Gasteiger partial charge in [-0.1, -0.05) is 28.1 Å². The van der Waals surface area contributed by atoms with Crippen molar-refractivity contribution in [3.63, 3.8) is 0 Å². The zero-order valence-corrected chi connectivity index (χ0v) is 21.0. The van der Waals surface area contributed by atoms with Crippen LogP contribution in [0.5, 0.6) is 0 Å². The van der Waals surface area contributed by atoms with Crippen LogP contribution in [0.2, 0.25) is 0 Å². The van der Waals surface area contributed by atoms with Crippen molar-refractivity contribution in [3.05, 3.63) is 73.2 Å². The number of hydrogen-bond acceptors (Lipinski definition) is 5. The summed E-state index contributed by atoms with van der Waals surface area (Å²) in [4.78, 5) is 33.3. The van der Waals surface area contributed by atoms with E-state index in [1.54, 1.807) is 18.2 Å². The molecule has 0 saturated carbocycles. The zero-order chi connectivity index (χ0) is 23.4. The van der Waals surface area contributed by atoms with Crippen LogP contribution in [0.4, 0.5) is 0 Å². The average Bonchev–Trinajstić information content (AvgIpc) is 2.81. The highest BCUT2D eigenvalue weighted by atomic mass is 79.9. The van der Waals surface area contributed by atoms with E-state index in [1.807, 2.05) is 24.3 Å². The number of nitrogens with one attached hydrogen (secondary N) is 2. The maximum Gasteiger partial charge on any atom is 0.262 e. The largest absolute Gasteiger partial charge is 0.352 e. The molecule has 1 aliphatic heterocycles. The first-order valence-electron chi connectivity index (χ1n) is 11.1. The van der Waals surface area contributed by atoms with E-state index in [0.29, 0.717) is 34.3 Å². The maximum absolute atomic E-state index is 12.9. The lowest BCUT2D eigenvalue weighted by Gasteiger charge is -2.32. The van der Waals surface area contributed by atoms with Crippen LogP contribution in [0.25, 0.3) is 10.9 Å². The molecule has 1 aliphatic rings. The SMILES string of the molecule is CN1CCN(CCCNC(=O)c2ccc(Cn3c(=S)[nH]c4ccc(Br)cc4c3=O)cc2)CC1. The number of amides is 1. The van der Waals surface area contributed by atoms with Gasteiger partial charge in [-0.15, -0.1) is 0 Å². The minimum Gasteiger partial charge on any atom is -0.352 e. The predicted molar refractivity (Wildman–Crippen MR) is 138 cm³/mol. The molecule has 0 unspecified atom stereocenters. The number of carbonyl (C=O) groups excluding carboxylic acids is 1. The van der Waals surface area contributed by atoms with Crippen molar-refractivity contribution in [1.29, 1.82) is 0 Å². The van der Waals surface area contributed by atoms with Crippen molar-refractivity contribution >= 4 is 45.0 Å². The third kappa shape index (κ3) is 5.97. The highest BCUT2D eigenvalue weighted by molar-refractivity contribution is 9.10. The van der Waals surface area contributed by atoms with E-state index in [4.69, 9.17) is 12.2 Å². The number of aromatic nitrogens is 2. The van der Waals surface area contributed by atoms with E-state index in [1.165, 1.54) is 4.57 Å². The molecular weight excluding hydrogens is 502 g/mol. The summed E-state index contributed by atoms with van der Waals surface area (Å²) in [6.07, 6.45) is 0.937. The van der Waals surface area contributed by atoms with E-state index in [0.717, 1.165) is 49.2 Å². The fourth-order valence-electron chi connectivity index (χ4n) is 3.99. The molecule has 1 saturated heterocycles. The normalized spacial score (nSPS) is 15.1. The van der Waals surface area contributed by atoms with Crippen LogP contribution >= 0.6 is 28.1 Å². The van der Waals surface area contributed by atoms with Crippen molar-refractivity contribution in [2.24, 2.45) is 0 Å². The molecule has 7 nitrogen and oxygen atoms in total. The molecule has 1 amide bonds. The Morgan fingerprint density at radius 2 is 1.85 bits per heavy atom. The van der Waals surface area contributed by atoms with Crippen molar-refractivity contribution in [2.75, 3.05) is 46.3 Å². The molecule has 4 rings (SSSR count). The van der Waals surface area contributed by atoms with Crippen LogP contribution in [-0.4, -0.2) is 71.6 Å². The highest BCUT2D eigenvalue weighted by Gasteiger charge is 2.13. The Kier molecular flexibility index (Phi) is 7.75. The second kappa shape index (κ2) is 10.7. The summed E-state index contributed by atoms with van der Waals surface area (Å²) in [5, 5.41) is 3.58. The van der Waals surface area contributed by atoms with Gasteiger partial charge in [-0.05, 0) is 68.1 Å². The number of aromatic amines is 1. The topological polar surface area (TPSA) is 73.4 Å². The molecule has 2 N–H and O–H groups in total. The van der Waals surface area contributed by atoms with E-state index in [2.05, 4.69) is 43.1 Å². The van der Waals surface area contributed by atoms with Crippen molar-refractivity contribution < 1.29 is 4.79 Å². The monoisotopic (exact) mass is 529 g/mol. The minimum atomic E-state index is -0.141. The first-order valence-corrected chi connectivity index (χ1v) is 12.3. The van der Waals surface area contributed by atoms with Gasteiger partial charge in [0.05, 0.1) is 17.4 Å². The van der Waals surface area contributed by atoms with Crippen molar-refractivity contribution in [2.45, 2.75) is 13.0 Å². The molecular formula is C24H28BrN5O2S. The summed E-state index contributed by atoms with van der Waals surface area (Å²) in [5.41, 5.74) is 2.08. The summed E-state index contributed by atoms with van der Waals surface area (Å²) in [6, 6.07) is 12.8. The van der Waals surface area contributed by atoms with Gasteiger partial charge in [-0.3, -0.25) is 14.2 Å². The number of halogens is 1. The number of nitrogens with zero attached hydrogens (tertiary/aromatic N) is 3. The summed E-state index contributed by atoms with van der Waals surface area (Å²) in [6.45, 7) is 6.39. The maximum atomic E-state index is 12.9. The molecule has 1 fully saturated rings. The van der Waals surface area contributed by atoms with Gasteiger partial charge in [0.1, 0.15) is 0 Å². The number of piperazine rings is 1. The number of rotatable bonds is 7. The third-order valence-corrected chi connectivity index (χ3v) is 6.85. The molecule has 33 heavy (non-hydrogen) atoms. The van der Waals surface area contributed by atoms with Crippen LogP contribution in [0, 0.1) is 4.77 Å². The quantitative estimate of drug-likeness (QED) is 0.363. The molecule has 9 heteroatoms. The summed E-state index contributed by atoms with van der Waals surface area (Å²) < 4.78 is 2.75. The van der Waals surface area contributed by atoms with E-state index in [-0.39, 0.29) is 11.5 Å².